The summed E-state index contributed by atoms with van der Waals surface area (Å²) >= 11 is 39.9. The summed E-state index contributed by atoms with van der Waals surface area (Å²) in [4.78, 5) is 102. The van der Waals surface area contributed by atoms with Crippen LogP contribution in [-0.4, -0.2) is 94.6 Å². The number of anilines is 14. The Balaban J connectivity index is 0.000000738. The van der Waals surface area contributed by atoms with Gasteiger partial charge in [-0.1, -0.05) is 283 Å². The average Bonchev–Trinajstić information content (AvgIpc) is 0.755. The van der Waals surface area contributed by atoms with Crippen LogP contribution in [-0.2, 0) is 12.8 Å². The fourth-order valence-electron chi connectivity index (χ4n) is 13.9. The Morgan fingerprint density at radius 3 is 0.806 bits per heavy atom. The average molecular weight is 1940 g/mol. The van der Waals surface area contributed by atoms with Crippen molar-refractivity contribution in [2.24, 2.45) is 43.3 Å². The smallest absolute Gasteiger partial charge is 0.224 e. The van der Waals surface area contributed by atoms with Gasteiger partial charge in [0.1, 0.15) is 61.2 Å². The highest BCUT2D eigenvalue weighted by atomic mass is 32.1. The lowest BCUT2D eigenvalue weighted by atomic mass is 9.88. The second-order valence-corrected chi connectivity index (χ2v) is 47.4. The van der Waals surface area contributed by atoms with Gasteiger partial charge in [-0.05, 0) is 160 Å². The number of nitrogen functional groups attached to an aromatic ring is 6. The van der Waals surface area contributed by atoms with Gasteiger partial charge in [-0.25, -0.2) is 0 Å². The van der Waals surface area contributed by atoms with Crippen molar-refractivity contribution in [3.63, 3.8) is 0 Å². The molecule has 0 aromatic heterocycles. The van der Waals surface area contributed by atoms with E-state index in [1.165, 1.54) is 32.1 Å². The molecule has 0 fully saturated rings. The Morgan fingerprint density at radius 1 is 0.256 bits per heavy atom. The predicted octanol–water partition coefficient (Wildman–Crippen LogP) is 22.3. The second-order valence-electron chi connectivity index (χ2n) is 44.2. The molecule has 0 unspecified atom stereocenters. The fourth-order valence-corrected chi connectivity index (χ4v) is 16.7. The van der Waals surface area contributed by atoms with E-state index in [2.05, 4.69) is 200 Å². The van der Waals surface area contributed by atoms with Gasteiger partial charge in [-0.15, -0.1) is 0 Å². The van der Waals surface area contributed by atoms with Crippen LogP contribution in [0.5, 0.6) is 0 Å². The first-order chi connectivity index (χ1) is 58.7. The summed E-state index contributed by atoms with van der Waals surface area (Å²) in [6, 6.07) is 0. The van der Waals surface area contributed by atoms with Crippen molar-refractivity contribution in [2.45, 2.75) is 302 Å². The minimum atomic E-state index is -0.178. The van der Waals surface area contributed by atoms with Crippen molar-refractivity contribution < 1.29 is 0 Å². The Morgan fingerprint density at radius 2 is 0.512 bits per heavy atom. The molecule has 0 radical (unpaired) electrons. The zero-order valence-corrected chi connectivity index (χ0v) is 91.3. The van der Waals surface area contributed by atoms with Crippen molar-refractivity contribution in [3.8, 4) is 0 Å². The van der Waals surface area contributed by atoms with E-state index in [1.54, 1.807) is 7.05 Å². The Hall–Kier alpha value is -6.80. The summed E-state index contributed by atoms with van der Waals surface area (Å²) in [5.41, 5.74) is 45.6. The number of hydrogen-bond donors (Lipinski definition) is 8. The summed E-state index contributed by atoms with van der Waals surface area (Å²) in [6.07, 6.45) is 20.9. The van der Waals surface area contributed by atoms with Crippen LogP contribution in [0.3, 0.4) is 0 Å². The second kappa shape index (κ2) is 51.6. The van der Waals surface area contributed by atoms with E-state index in [4.69, 9.17) is 132 Å². The predicted molar refractivity (Wildman–Crippen MR) is 583 cm³/mol. The lowest BCUT2D eigenvalue weighted by Crippen LogP contribution is -2.36. The summed E-state index contributed by atoms with van der Waals surface area (Å²) in [5.74, 6) is 0. The van der Waals surface area contributed by atoms with Crippen molar-refractivity contribution in [3.05, 3.63) is 129 Å². The van der Waals surface area contributed by atoms with Gasteiger partial charge in [0.25, 0.3) is 0 Å². The normalized spacial score (nSPS) is 12.0. The lowest BCUT2D eigenvalue weighted by Gasteiger charge is -2.32. The molecule has 0 aliphatic heterocycles. The molecule has 22 nitrogen and oxygen atoms in total. The first-order valence-electron chi connectivity index (χ1n) is 45.6. The van der Waals surface area contributed by atoms with E-state index in [9.17, 15) is 38.4 Å². The monoisotopic (exact) mass is 1930 g/mol. The van der Waals surface area contributed by atoms with Crippen molar-refractivity contribution in [1.82, 2.24) is 0 Å². The molecule has 0 aliphatic rings. The number of nitrogens with two attached hydrogens (primary N) is 6. The van der Waals surface area contributed by atoms with E-state index in [1.807, 2.05) is 54.8 Å². The highest BCUT2D eigenvalue weighted by Gasteiger charge is 2.28. The van der Waals surface area contributed by atoms with Crippen molar-refractivity contribution in [1.29, 1.82) is 0 Å². The largest absolute Gasteiger partial charge is 0.395 e. The molecule has 0 atom stereocenters. The molecule has 8 aromatic rings. The van der Waals surface area contributed by atoms with E-state index in [0.717, 1.165) is 193 Å². The van der Waals surface area contributed by atoms with Crippen LogP contribution in [0.15, 0.2) is 38.4 Å². The molecule has 0 saturated carbocycles. The molecule has 726 valence electrons. The topological polar surface area (TPSA) is 336 Å². The van der Waals surface area contributed by atoms with E-state index in [0.29, 0.717) is 114 Å². The number of nitrogens with zero attached hydrogens (tertiary/aromatic N) is 6. The van der Waals surface area contributed by atoms with Gasteiger partial charge in [0.15, 0.2) is 0 Å². The molecule has 0 amide bonds. The molecule has 8 rings (SSSR count). The third-order valence-electron chi connectivity index (χ3n) is 22.3. The molecular formula is C99H164N14O8S8. The van der Waals surface area contributed by atoms with Gasteiger partial charge in [-0.3, -0.25) is 38.4 Å². The zero-order valence-electron chi connectivity index (χ0n) is 84.8. The standard InChI is InChI=1S/C15H26N2OS.C13H22N2OS.C13H21NOS.3C12H20N2OS.C11H18N2OS.C11H17NOS/c1-7-17(8-2)11-12(14(19)13(11)18)16(6)10-9-15(3,4)5;1-13(2,3)7-5-6-8-15(4)10-9(14)11(16)12(10)17;1-13(2,3)8-6-4-5-7-9-10(14)11(15)12(9)16;2*1-12(2,3)6-5-7-14(4)9-8(13)10(15)11(9)16;1-12(2,3)6-5-7-14-8-9(13-4)11(16)10(8)15;1-11(2,3)5-6-13(4)8-7(12)9(14)10(8)15;1-11(2,3)6-4-5-7-8(12)9(13)10(7)14/h7-10H2,1-6H3;5-8,14H2,1-4H3;4-8,14H2,1-3H3;2*5-7,13H2,1-4H3;13-14H,5-7H2,1-4H3;5-6,12H2,1-4H3;4-6,12H2,1-3H3. The van der Waals surface area contributed by atoms with E-state index >= 15 is 0 Å². The van der Waals surface area contributed by atoms with Crippen LogP contribution in [0, 0.1) is 79.4 Å². The molecule has 0 saturated heterocycles. The fraction of sp³-hybridized carbons (Fsp3) is 0.677. The highest BCUT2D eigenvalue weighted by molar-refractivity contribution is 7.73. The maximum atomic E-state index is 12.0. The third kappa shape index (κ3) is 39.3. The van der Waals surface area contributed by atoms with Crippen LogP contribution in [0.2, 0.25) is 0 Å². The summed E-state index contributed by atoms with van der Waals surface area (Å²) in [6.45, 7) is 64.5. The minimum Gasteiger partial charge on any atom is -0.395 e. The highest BCUT2D eigenvalue weighted by Crippen LogP contribution is 2.35. The van der Waals surface area contributed by atoms with Crippen LogP contribution in [0.4, 0.5) is 79.6 Å². The summed E-state index contributed by atoms with van der Waals surface area (Å²) < 4.78 is 3.38. The van der Waals surface area contributed by atoms with Crippen molar-refractivity contribution in [2.75, 3.05) is 169 Å². The van der Waals surface area contributed by atoms with E-state index in [-0.39, 0.29) is 48.8 Å². The minimum absolute atomic E-state index is 0.0323. The molecule has 0 bridgehead atoms. The first kappa shape index (κ1) is 120. The summed E-state index contributed by atoms with van der Waals surface area (Å²) in [7, 11) is 11.5. The number of hydrogen-bond acceptors (Lipinski definition) is 30. The molecule has 14 N–H and O–H groups in total. The molecule has 8 aromatic carbocycles. The third-order valence-corrected chi connectivity index (χ3v) is 25.5. The Kier molecular flexibility index (Phi) is 48.1. The van der Waals surface area contributed by atoms with Crippen LogP contribution in [0.1, 0.15) is 300 Å². The van der Waals surface area contributed by atoms with Crippen LogP contribution in [0.25, 0.3) is 0 Å². The SMILES string of the molecule is CC(C)(C)CCCCCc1c(N)c(=O)c1=S.CC(C)(C)CCCc1c(N)c(=O)c1=S.CCN(CC)c1c(N(C)CCC(C)(C)C)c(=S)c1=O.CN(CCC(C)(C)C)c1c(N)c(=O)c1=S.CN(CCCC(C)(C)C)c1c(N)c(=O)c1=S.CN(CCCC(C)(C)C)c1c(N)c(=O)c1=S.CN(CCCCC(C)(C)C)c1c(N)c(=O)c1=S.CNc1c(NCCCC(C)(C)C)c(=O)c1=S. The number of unbranched alkanes of at least 4 members (excludes halogenated alkanes) is 3. The van der Waals surface area contributed by atoms with Gasteiger partial charge in [0.2, 0.25) is 43.4 Å². The van der Waals surface area contributed by atoms with Crippen LogP contribution < -0.4 is 118 Å². The van der Waals surface area contributed by atoms with E-state index < -0.39 is 0 Å². The molecule has 0 heterocycles. The Labute approximate surface area is 814 Å². The maximum Gasteiger partial charge on any atom is 0.224 e. The first-order valence-corrected chi connectivity index (χ1v) is 48.9. The van der Waals surface area contributed by atoms with Gasteiger partial charge in [0.05, 0.1) is 54.5 Å². The molecule has 129 heavy (non-hydrogen) atoms. The lowest BCUT2D eigenvalue weighted by molar-refractivity contribution is 0.358. The quantitative estimate of drug-likeness (QED) is 0.0135. The molecule has 30 heteroatoms. The zero-order chi connectivity index (χ0) is 100. The number of nitrogens with one attached hydrogen (secondary N) is 2. The van der Waals surface area contributed by atoms with Gasteiger partial charge in [0, 0.05) is 106 Å². The van der Waals surface area contributed by atoms with Gasteiger partial charge >= 0.3 is 0 Å². The summed E-state index contributed by atoms with van der Waals surface area (Å²) in [5, 5.41) is 6.10. The molecule has 0 spiro atoms. The number of rotatable bonds is 35. The van der Waals surface area contributed by atoms with Crippen LogP contribution >= 0.6 is 97.7 Å². The molecular weight excluding hydrogens is 1770 g/mol. The molecule has 0 aliphatic carbocycles. The van der Waals surface area contributed by atoms with Gasteiger partial charge < -0.3 is 74.4 Å². The van der Waals surface area contributed by atoms with Crippen molar-refractivity contribution >= 4 is 177 Å². The Bertz CT molecular complexity index is 5430. The van der Waals surface area contributed by atoms with Gasteiger partial charge in [-0.2, -0.15) is 0 Å². The maximum absolute atomic E-state index is 12.0.